The smallest absolute Gasteiger partial charge is 0.0507 e. The maximum atomic E-state index is 2.45. The molecule has 0 radical (unpaired) electrons. The van der Waals surface area contributed by atoms with Gasteiger partial charge in [-0.3, -0.25) is 0 Å². The highest BCUT2D eigenvalue weighted by molar-refractivity contribution is 6.08. The Morgan fingerprint density at radius 3 is 2.20 bits per heavy atom. The molecule has 0 aromatic heterocycles. The number of fused-ring (bicyclic) bond motifs is 2. The quantitative estimate of drug-likeness (QED) is 0.299. The number of hydrogen-bond donors (Lipinski definition) is 0. The standard InChI is InChI=1S/C34H31N/c1-24-16-18-25(19-17-24)33-29-12-6-8-14-31(29)34(32-15-9-7-13-30(32)33)26-20-22-28(23-21-26)35(2)27-10-4-3-5-11-27/h3-8,10-14,16-22,28H,9,15,23H2,1-2H3. The van der Waals surface area contributed by atoms with Crippen LogP contribution in [0.4, 0.5) is 5.69 Å². The first-order valence-corrected chi connectivity index (χ1v) is 12.7. The predicted molar refractivity (Wildman–Crippen MR) is 152 cm³/mol. The van der Waals surface area contributed by atoms with E-state index in [2.05, 4.69) is 128 Å². The minimum Gasteiger partial charge on any atom is -0.368 e. The van der Waals surface area contributed by atoms with Crippen LogP contribution >= 0.6 is 0 Å². The van der Waals surface area contributed by atoms with Gasteiger partial charge < -0.3 is 4.90 Å². The molecule has 0 saturated carbocycles. The molecule has 4 aromatic carbocycles. The van der Waals surface area contributed by atoms with Crippen molar-refractivity contribution in [3.8, 4) is 11.1 Å². The third-order valence-electron chi connectivity index (χ3n) is 7.57. The molecule has 1 atom stereocenters. The molecule has 0 heterocycles. The number of rotatable bonds is 4. The van der Waals surface area contributed by atoms with Crippen LogP contribution in [-0.2, 0) is 6.42 Å². The average molecular weight is 454 g/mol. The molecule has 2 aliphatic rings. The van der Waals surface area contributed by atoms with Crippen LogP contribution in [0.25, 0.3) is 33.5 Å². The molecule has 0 fully saturated rings. The zero-order chi connectivity index (χ0) is 23.8. The predicted octanol–water partition coefficient (Wildman–Crippen LogP) is 8.62. The number of nitrogens with zero attached hydrogens (tertiary/aromatic N) is 1. The molecule has 35 heavy (non-hydrogen) atoms. The summed E-state index contributed by atoms with van der Waals surface area (Å²) in [6.07, 6.45) is 15.1. The van der Waals surface area contributed by atoms with Crippen molar-refractivity contribution in [2.24, 2.45) is 0 Å². The highest BCUT2D eigenvalue weighted by Crippen LogP contribution is 2.43. The fraction of sp³-hybridized carbons (Fsp3) is 0.176. The molecule has 2 aliphatic carbocycles. The largest absolute Gasteiger partial charge is 0.368 e. The lowest BCUT2D eigenvalue weighted by Gasteiger charge is -2.30. The first-order valence-electron chi connectivity index (χ1n) is 12.7. The minimum absolute atomic E-state index is 0.370. The Bertz CT molecular complexity index is 1470. The summed E-state index contributed by atoms with van der Waals surface area (Å²) in [6, 6.07) is 29.1. The van der Waals surface area contributed by atoms with E-state index in [1.165, 1.54) is 55.4 Å². The maximum absolute atomic E-state index is 2.45. The van der Waals surface area contributed by atoms with Gasteiger partial charge in [0, 0.05) is 12.7 Å². The number of benzene rings is 4. The van der Waals surface area contributed by atoms with Crippen molar-refractivity contribution in [1.29, 1.82) is 0 Å². The van der Waals surface area contributed by atoms with Crippen LogP contribution in [-0.4, -0.2) is 13.1 Å². The fourth-order valence-electron chi connectivity index (χ4n) is 5.68. The van der Waals surface area contributed by atoms with E-state index >= 15 is 0 Å². The molecule has 4 aromatic rings. The Labute approximate surface area is 208 Å². The van der Waals surface area contributed by atoms with E-state index in [9.17, 15) is 0 Å². The molecule has 1 nitrogen and oxygen atoms in total. The second-order valence-corrected chi connectivity index (χ2v) is 9.76. The first-order chi connectivity index (χ1) is 17.2. The number of aryl methyl sites for hydroxylation is 1. The van der Waals surface area contributed by atoms with E-state index in [0.717, 1.165) is 19.3 Å². The van der Waals surface area contributed by atoms with Gasteiger partial charge in [-0.1, -0.05) is 103 Å². The van der Waals surface area contributed by atoms with Gasteiger partial charge in [-0.05, 0) is 82.5 Å². The van der Waals surface area contributed by atoms with Gasteiger partial charge in [0.15, 0.2) is 0 Å². The Morgan fingerprint density at radius 2 is 1.49 bits per heavy atom. The Balaban J connectivity index is 1.47. The van der Waals surface area contributed by atoms with Crippen molar-refractivity contribution < 1.29 is 0 Å². The molecule has 0 bridgehead atoms. The van der Waals surface area contributed by atoms with Crippen molar-refractivity contribution in [2.45, 2.75) is 32.2 Å². The third-order valence-corrected chi connectivity index (χ3v) is 7.57. The highest BCUT2D eigenvalue weighted by Gasteiger charge is 2.23. The number of likely N-dealkylation sites (N-methyl/N-ethyl adjacent to an activating group) is 1. The van der Waals surface area contributed by atoms with E-state index in [-0.39, 0.29) is 0 Å². The Morgan fingerprint density at radius 1 is 0.771 bits per heavy atom. The number of allylic oxidation sites excluding steroid dienone is 3. The SMILES string of the molecule is Cc1ccc(-c2c3c(c(C4=CCC(N(C)c5ccccc5)C=C4)c4ccccc24)CCC=C3)cc1. The summed E-state index contributed by atoms with van der Waals surface area (Å²) >= 11 is 0. The van der Waals surface area contributed by atoms with Crippen molar-refractivity contribution in [1.82, 2.24) is 0 Å². The van der Waals surface area contributed by atoms with Crippen molar-refractivity contribution >= 4 is 28.1 Å². The number of para-hydroxylation sites is 1. The Kier molecular flexibility index (Phi) is 5.62. The third kappa shape index (κ3) is 3.91. The van der Waals surface area contributed by atoms with Gasteiger partial charge in [-0.15, -0.1) is 0 Å². The zero-order valence-corrected chi connectivity index (χ0v) is 20.5. The van der Waals surface area contributed by atoms with E-state index in [1.807, 2.05) is 0 Å². The minimum atomic E-state index is 0.370. The summed E-state index contributed by atoms with van der Waals surface area (Å²) in [5.74, 6) is 0. The van der Waals surface area contributed by atoms with Crippen LogP contribution in [0.2, 0.25) is 0 Å². The van der Waals surface area contributed by atoms with Gasteiger partial charge in [0.05, 0.1) is 6.04 Å². The lowest BCUT2D eigenvalue weighted by molar-refractivity contribution is 0.755. The zero-order valence-electron chi connectivity index (χ0n) is 20.5. The van der Waals surface area contributed by atoms with Crippen LogP contribution in [0.15, 0.2) is 103 Å². The Hall–Kier alpha value is -3.84. The molecule has 0 aliphatic heterocycles. The molecule has 0 spiro atoms. The average Bonchev–Trinajstić information content (AvgIpc) is 2.92. The molecular weight excluding hydrogens is 422 g/mol. The van der Waals surface area contributed by atoms with Crippen molar-refractivity contribution in [3.05, 3.63) is 125 Å². The summed E-state index contributed by atoms with van der Waals surface area (Å²) in [5, 5.41) is 2.71. The van der Waals surface area contributed by atoms with Gasteiger partial charge >= 0.3 is 0 Å². The molecule has 0 N–H and O–H groups in total. The lowest BCUT2D eigenvalue weighted by atomic mass is 9.79. The number of anilines is 1. The lowest BCUT2D eigenvalue weighted by Crippen LogP contribution is -2.30. The second kappa shape index (κ2) is 9.07. The van der Waals surface area contributed by atoms with Gasteiger partial charge in [0.1, 0.15) is 0 Å². The molecule has 172 valence electrons. The van der Waals surface area contributed by atoms with Crippen LogP contribution < -0.4 is 4.90 Å². The van der Waals surface area contributed by atoms with Crippen LogP contribution in [0.3, 0.4) is 0 Å². The maximum Gasteiger partial charge on any atom is 0.0507 e. The fourth-order valence-corrected chi connectivity index (χ4v) is 5.68. The molecule has 0 amide bonds. The van der Waals surface area contributed by atoms with Gasteiger partial charge in [0.25, 0.3) is 0 Å². The van der Waals surface area contributed by atoms with E-state index in [1.54, 1.807) is 0 Å². The van der Waals surface area contributed by atoms with Crippen molar-refractivity contribution in [3.63, 3.8) is 0 Å². The highest BCUT2D eigenvalue weighted by atomic mass is 15.1. The normalized spacial score (nSPS) is 16.7. The molecule has 6 rings (SSSR count). The van der Waals surface area contributed by atoms with E-state index in [4.69, 9.17) is 0 Å². The van der Waals surface area contributed by atoms with Crippen molar-refractivity contribution in [2.75, 3.05) is 11.9 Å². The summed E-state index contributed by atoms with van der Waals surface area (Å²) < 4.78 is 0. The van der Waals surface area contributed by atoms with Gasteiger partial charge in [-0.25, -0.2) is 0 Å². The molecule has 1 unspecified atom stereocenters. The van der Waals surface area contributed by atoms with Crippen LogP contribution in [0.5, 0.6) is 0 Å². The summed E-state index contributed by atoms with van der Waals surface area (Å²) in [6.45, 7) is 2.16. The molecule has 0 saturated heterocycles. The topological polar surface area (TPSA) is 3.24 Å². The summed E-state index contributed by atoms with van der Waals surface area (Å²) in [5.41, 5.74) is 10.9. The van der Waals surface area contributed by atoms with Crippen LogP contribution in [0, 0.1) is 6.92 Å². The molecular formula is C34H31N. The summed E-state index contributed by atoms with van der Waals surface area (Å²) in [7, 11) is 2.20. The summed E-state index contributed by atoms with van der Waals surface area (Å²) in [4.78, 5) is 2.38. The van der Waals surface area contributed by atoms with E-state index in [0.29, 0.717) is 6.04 Å². The van der Waals surface area contributed by atoms with E-state index < -0.39 is 0 Å². The first kappa shape index (κ1) is 21.7. The van der Waals surface area contributed by atoms with Gasteiger partial charge in [0.2, 0.25) is 0 Å². The van der Waals surface area contributed by atoms with Gasteiger partial charge in [-0.2, -0.15) is 0 Å². The number of hydrogen-bond acceptors (Lipinski definition) is 1. The second-order valence-electron chi connectivity index (χ2n) is 9.76. The molecule has 1 heteroatoms. The van der Waals surface area contributed by atoms with Crippen LogP contribution in [0.1, 0.15) is 35.1 Å². The monoisotopic (exact) mass is 453 g/mol.